The fraction of sp³-hybridized carbons (Fsp3) is 0.375. The lowest BCUT2D eigenvalue weighted by molar-refractivity contribution is 0.0556. The van der Waals surface area contributed by atoms with Crippen molar-refractivity contribution in [1.82, 2.24) is 4.98 Å². The van der Waals surface area contributed by atoms with Crippen LogP contribution < -0.4 is 0 Å². The van der Waals surface area contributed by atoms with Crippen LogP contribution in [0.1, 0.15) is 34.1 Å². The summed E-state index contributed by atoms with van der Waals surface area (Å²) < 4.78 is 15.2. The highest BCUT2D eigenvalue weighted by Crippen LogP contribution is 2.16. The summed E-state index contributed by atoms with van der Waals surface area (Å²) in [7, 11) is 2.86. The molecule has 1 heterocycles. The predicted molar refractivity (Wildman–Crippen MR) is 77.0 cm³/mol. The Bertz CT molecular complexity index is 577. The number of carbonyl (C=O) groups is 1. The Labute approximate surface area is 123 Å². The van der Waals surface area contributed by atoms with Crippen molar-refractivity contribution in [2.45, 2.75) is 25.9 Å². The van der Waals surface area contributed by atoms with Crippen molar-refractivity contribution in [3.05, 3.63) is 53.2 Å². The van der Waals surface area contributed by atoms with Gasteiger partial charge in [-0.2, -0.15) is 0 Å². The molecule has 0 radical (unpaired) electrons. The molecule has 0 unspecified atom stereocenters. The smallest absolute Gasteiger partial charge is 0.376 e. The predicted octanol–water partition coefficient (Wildman–Crippen LogP) is 2.78. The van der Waals surface area contributed by atoms with Gasteiger partial charge in [0.15, 0.2) is 5.89 Å². The van der Waals surface area contributed by atoms with E-state index < -0.39 is 5.97 Å². The van der Waals surface area contributed by atoms with Crippen molar-refractivity contribution in [1.29, 1.82) is 0 Å². The second kappa shape index (κ2) is 7.59. The van der Waals surface area contributed by atoms with Gasteiger partial charge in [0.05, 0.1) is 13.7 Å². The van der Waals surface area contributed by atoms with E-state index in [1.165, 1.54) is 12.7 Å². The molecule has 1 aromatic carbocycles. The van der Waals surface area contributed by atoms with Crippen LogP contribution >= 0.6 is 0 Å². The average Bonchev–Trinajstić information content (AvgIpc) is 2.91. The number of hydrogen-bond acceptors (Lipinski definition) is 5. The summed E-state index contributed by atoms with van der Waals surface area (Å²) in [6.07, 6.45) is 2.51. The van der Waals surface area contributed by atoms with E-state index in [4.69, 9.17) is 9.15 Å². The summed E-state index contributed by atoms with van der Waals surface area (Å²) >= 11 is 0. The molecular formula is C16H19NO4. The van der Waals surface area contributed by atoms with E-state index in [0.29, 0.717) is 18.0 Å². The highest BCUT2D eigenvalue weighted by molar-refractivity contribution is 5.87. The van der Waals surface area contributed by atoms with Gasteiger partial charge in [0.1, 0.15) is 5.69 Å². The third-order valence-electron chi connectivity index (χ3n) is 3.09. The van der Waals surface area contributed by atoms with Gasteiger partial charge in [-0.05, 0) is 18.4 Å². The molecule has 0 amide bonds. The van der Waals surface area contributed by atoms with Gasteiger partial charge >= 0.3 is 5.97 Å². The van der Waals surface area contributed by atoms with Crippen LogP contribution in [0.5, 0.6) is 0 Å². The number of rotatable bonds is 7. The summed E-state index contributed by atoms with van der Waals surface area (Å²) in [5.74, 6) is 0.149. The van der Waals surface area contributed by atoms with Crippen LogP contribution in [0.2, 0.25) is 0 Å². The highest BCUT2D eigenvalue weighted by Gasteiger charge is 2.20. The van der Waals surface area contributed by atoms with E-state index in [9.17, 15) is 4.79 Å². The van der Waals surface area contributed by atoms with E-state index >= 15 is 0 Å². The molecule has 5 nitrogen and oxygen atoms in total. The lowest BCUT2D eigenvalue weighted by Crippen LogP contribution is -2.04. The number of methoxy groups -OCH3 is 2. The minimum absolute atomic E-state index is 0.133. The fourth-order valence-electron chi connectivity index (χ4n) is 2.08. The zero-order chi connectivity index (χ0) is 15.1. The molecule has 0 fully saturated rings. The van der Waals surface area contributed by atoms with Crippen LogP contribution in [0.25, 0.3) is 0 Å². The second-order valence-electron chi connectivity index (χ2n) is 4.65. The van der Waals surface area contributed by atoms with E-state index in [1.807, 2.05) is 18.2 Å². The number of aromatic nitrogens is 1. The standard InChI is InChI=1S/C16H19NO4/c1-19-11-13-15(16(18)20-2)21-14(17-13)10-6-9-12-7-4-3-5-8-12/h3-5,7-8H,6,9-11H2,1-2H3. The molecule has 0 spiro atoms. The number of esters is 1. The van der Waals surface area contributed by atoms with Gasteiger partial charge in [-0.25, -0.2) is 9.78 Å². The van der Waals surface area contributed by atoms with E-state index in [1.54, 1.807) is 7.11 Å². The van der Waals surface area contributed by atoms with Crippen molar-refractivity contribution >= 4 is 5.97 Å². The lowest BCUT2D eigenvalue weighted by atomic mass is 10.1. The van der Waals surface area contributed by atoms with Gasteiger partial charge in [0.2, 0.25) is 5.76 Å². The average molecular weight is 289 g/mol. The van der Waals surface area contributed by atoms with Crippen molar-refractivity contribution < 1.29 is 18.7 Å². The minimum atomic E-state index is -0.524. The maximum absolute atomic E-state index is 11.6. The summed E-state index contributed by atoms with van der Waals surface area (Å²) in [4.78, 5) is 15.9. The number of benzene rings is 1. The topological polar surface area (TPSA) is 61.6 Å². The molecule has 2 rings (SSSR count). The maximum atomic E-state index is 11.6. The Morgan fingerprint density at radius 2 is 1.95 bits per heavy atom. The Balaban J connectivity index is 1.98. The number of hydrogen-bond donors (Lipinski definition) is 0. The third-order valence-corrected chi connectivity index (χ3v) is 3.09. The number of carbonyl (C=O) groups excluding carboxylic acids is 1. The molecule has 0 bridgehead atoms. The summed E-state index contributed by atoms with van der Waals surface area (Å²) in [6.45, 7) is 0.229. The molecule has 0 aliphatic rings. The molecule has 0 N–H and O–H groups in total. The number of ether oxygens (including phenoxy) is 2. The summed E-state index contributed by atoms with van der Waals surface area (Å²) in [6, 6.07) is 10.2. The largest absolute Gasteiger partial charge is 0.463 e. The van der Waals surface area contributed by atoms with Gasteiger partial charge in [0, 0.05) is 13.5 Å². The van der Waals surface area contributed by atoms with Crippen LogP contribution in [0.15, 0.2) is 34.7 Å². The number of aryl methyl sites for hydroxylation is 2. The molecule has 0 atom stereocenters. The van der Waals surface area contributed by atoms with Crippen molar-refractivity contribution in [3.8, 4) is 0 Å². The minimum Gasteiger partial charge on any atom is -0.463 e. The summed E-state index contributed by atoms with van der Waals surface area (Å²) in [5.41, 5.74) is 1.76. The molecule has 0 aliphatic heterocycles. The van der Waals surface area contributed by atoms with E-state index in [-0.39, 0.29) is 12.4 Å². The quantitative estimate of drug-likeness (QED) is 0.733. The van der Waals surface area contributed by atoms with E-state index in [0.717, 1.165) is 12.8 Å². The molecule has 0 saturated heterocycles. The normalized spacial score (nSPS) is 10.6. The molecule has 21 heavy (non-hydrogen) atoms. The number of nitrogens with zero attached hydrogens (tertiary/aromatic N) is 1. The number of oxazole rings is 1. The maximum Gasteiger partial charge on any atom is 0.376 e. The van der Waals surface area contributed by atoms with Gasteiger partial charge in [-0.15, -0.1) is 0 Å². The zero-order valence-electron chi connectivity index (χ0n) is 12.3. The monoisotopic (exact) mass is 289 g/mol. The highest BCUT2D eigenvalue weighted by atomic mass is 16.5. The van der Waals surface area contributed by atoms with Crippen LogP contribution in [0, 0.1) is 0 Å². The molecule has 0 aliphatic carbocycles. The zero-order valence-corrected chi connectivity index (χ0v) is 12.3. The molecule has 2 aromatic rings. The van der Waals surface area contributed by atoms with Crippen LogP contribution in [-0.4, -0.2) is 25.2 Å². The van der Waals surface area contributed by atoms with Crippen molar-refractivity contribution in [2.75, 3.05) is 14.2 Å². The van der Waals surface area contributed by atoms with Crippen molar-refractivity contribution in [3.63, 3.8) is 0 Å². The Morgan fingerprint density at radius 3 is 2.62 bits per heavy atom. The molecule has 5 heteroatoms. The molecule has 0 saturated carbocycles. The van der Waals surface area contributed by atoms with Gasteiger partial charge < -0.3 is 13.9 Å². The van der Waals surface area contributed by atoms with E-state index in [2.05, 4.69) is 21.9 Å². The Kier molecular flexibility index (Phi) is 5.51. The SMILES string of the molecule is COCc1nc(CCCc2ccccc2)oc1C(=O)OC. The van der Waals surface area contributed by atoms with Gasteiger partial charge in [0.25, 0.3) is 0 Å². The van der Waals surface area contributed by atoms with Gasteiger partial charge in [-0.3, -0.25) is 0 Å². The first-order valence-electron chi connectivity index (χ1n) is 6.84. The molecule has 1 aromatic heterocycles. The molecule has 112 valence electrons. The third kappa shape index (κ3) is 4.16. The first-order valence-corrected chi connectivity index (χ1v) is 6.84. The first-order chi connectivity index (χ1) is 10.2. The van der Waals surface area contributed by atoms with Crippen LogP contribution in [-0.2, 0) is 28.9 Å². The van der Waals surface area contributed by atoms with Crippen LogP contribution in [0.4, 0.5) is 0 Å². The molecular weight excluding hydrogens is 270 g/mol. The van der Waals surface area contributed by atoms with Crippen LogP contribution in [0.3, 0.4) is 0 Å². The lowest BCUT2D eigenvalue weighted by Gasteiger charge is -1.98. The fourth-order valence-corrected chi connectivity index (χ4v) is 2.08. The first kappa shape index (κ1) is 15.3. The Hall–Kier alpha value is -2.14. The van der Waals surface area contributed by atoms with Crippen molar-refractivity contribution in [2.24, 2.45) is 0 Å². The van der Waals surface area contributed by atoms with Gasteiger partial charge in [-0.1, -0.05) is 30.3 Å². The second-order valence-corrected chi connectivity index (χ2v) is 4.65. The summed E-state index contributed by atoms with van der Waals surface area (Å²) in [5, 5.41) is 0. The Morgan fingerprint density at radius 1 is 1.19 bits per heavy atom.